The van der Waals surface area contributed by atoms with Crippen LogP contribution in [0.3, 0.4) is 0 Å². The van der Waals surface area contributed by atoms with E-state index in [0.717, 1.165) is 69.0 Å². The summed E-state index contributed by atoms with van der Waals surface area (Å²) in [6, 6.07) is 4.26. The number of thiazole rings is 2. The number of hydrogen-bond donors (Lipinski definition) is 0. The summed E-state index contributed by atoms with van der Waals surface area (Å²) in [5.41, 5.74) is 2.71. The van der Waals surface area contributed by atoms with Crippen LogP contribution in [0.25, 0.3) is 26.1 Å². The van der Waals surface area contributed by atoms with E-state index in [1.807, 2.05) is 24.2 Å². The molecule has 6 rings (SSSR count). The van der Waals surface area contributed by atoms with Crippen molar-refractivity contribution in [2.75, 3.05) is 18.8 Å². The Labute approximate surface area is 493 Å². The summed E-state index contributed by atoms with van der Waals surface area (Å²) in [5.74, 6) is 1.79. The van der Waals surface area contributed by atoms with Gasteiger partial charge in [-0.05, 0) is 55.4 Å². The first kappa shape index (κ1) is 64.6. The first-order chi connectivity index (χ1) is 38.5. The van der Waals surface area contributed by atoms with Gasteiger partial charge in [0.1, 0.15) is 10.0 Å². The lowest BCUT2D eigenvalue weighted by Crippen LogP contribution is -2.35. The molecular formula is C68H108N4O2S4. The van der Waals surface area contributed by atoms with Gasteiger partial charge in [-0.2, -0.15) is 0 Å². The maximum Gasteiger partial charge on any atom is 0.261 e. The van der Waals surface area contributed by atoms with E-state index >= 15 is 9.59 Å². The smallest absolute Gasteiger partial charge is 0.261 e. The number of fused-ring (bicyclic) bond motifs is 1. The fraction of sp³-hybridized carbons (Fsp3) is 0.735. The summed E-state index contributed by atoms with van der Waals surface area (Å²) in [6.45, 7) is 10.5. The molecule has 0 radical (unpaired) electrons. The molecule has 2 unspecified atom stereocenters. The molecule has 3 aliphatic heterocycles. The van der Waals surface area contributed by atoms with Gasteiger partial charge in [0.15, 0.2) is 0 Å². The topological polar surface area (TPSA) is 66.4 Å². The Hall–Kier alpha value is -2.53. The second-order valence-electron chi connectivity index (χ2n) is 23.7. The number of hydrogen-bond acceptors (Lipinski definition) is 8. The van der Waals surface area contributed by atoms with E-state index in [1.54, 1.807) is 34.0 Å². The Bertz CT molecular complexity index is 2200. The molecule has 2 atom stereocenters. The molecule has 3 aromatic heterocycles. The minimum Gasteiger partial charge on any atom is -0.304 e. The monoisotopic (exact) mass is 1140 g/mol. The number of thioether (sulfide) groups is 1. The number of aromatic nitrogens is 2. The molecule has 6 heterocycles. The van der Waals surface area contributed by atoms with E-state index in [0.29, 0.717) is 36.1 Å². The first-order valence-electron chi connectivity index (χ1n) is 32.9. The zero-order valence-corrected chi connectivity index (χ0v) is 53.2. The number of rotatable bonds is 48. The summed E-state index contributed by atoms with van der Waals surface area (Å²) in [5, 5.41) is 3.73. The van der Waals surface area contributed by atoms with Crippen molar-refractivity contribution in [3.05, 3.63) is 62.0 Å². The molecular weight excluding hydrogens is 1030 g/mol. The van der Waals surface area contributed by atoms with Crippen molar-refractivity contribution >= 4 is 73.9 Å². The third kappa shape index (κ3) is 21.7. The normalized spacial score (nSPS) is 15.5. The maximum absolute atomic E-state index is 15.9. The van der Waals surface area contributed by atoms with E-state index in [-0.39, 0.29) is 11.8 Å². The van der Waals surface area contributed by atoms with Gasteiger partial charge in [0.05, 0.1) is 32.3 Å². The lowest BCUT2D eigenvalue weighted by Gasteiger charge is -2.29. The van der Waals surface area contributed by atoms with Crippen molar-refractivity contribution in [2.45, 2.75) is 291 Å². The first-order valence-corrected chi connectivity index (χ1v) is 36.4. The second-order valence-corrected chi connectivity index (χ2v) is 27.9. The molecule has 0 aromatic carbocycles. The number of allylic oxidation sites excluding steroid dienone is 1. The number of amides is 2. The SMILES string of the molecule is CCCCCCCCCCCCC(CCCCCCCCCC)CN1C(=O)C2=C(c3ncc(-c4cccs4)s3)N(CC(CCCCCCCCCC)CCCCCCCCCCCC)C(=O)C2=C1c1ncc(C2=CCCS2)s1. The van der Waals surface area contributed by atoms with Gasteiger partial charge in [-0.25, -0.2) is 9.97 Å². The minimum atomic E-state index is -0.0109. The molecule has 0 bridgehead atoms. The third-order valence-electron chi connectivity index (χ3n) is 17.1. The third-order valence-corrected chi connectivity index (χ3v) is 21.4. The number of carbonyl (C=O) groups is 2. The Morgan fingerprint density at radius 3 is 1.13 bits per heavy atom. The zero-order valence-electron chi connectivity index (χ0n) is 50.0. The van der Waals surface area contributed by atoms with Crippen LogP contribution in [-0.4, -0.2) is 50.4 Å². The van der Waals surface area contributed by atoms with E-state index < -0.39 is 0 Å². The van der Waals surface area contributed by atoms with Crippen LogP contribution in [0.4, 0.5) is 0 Å². The summed E-state index contributed by atoms with van der Waals surface area (Å²) in [4.78, 5) is 51.0. The highest BCUT2D eigenvalue weighted by Gasteiger charge is 2.51. The minimum absolute atomic E-state index is 0.0109. The number of carbonyl (C=O) groups excluding carboxylic acids is 2. The van der Waals surface area contributed by atoms with Gasteiger partial charge >= 0.3 is 0 Å². The number of thiophene rings is 1. The molecule has 0 saturated heterocycles. The van der Waals surface area contributed by atoms with Crippen molar-refractivity contribution in [3.63, 3.8) is 0 Å². The molecule has 78 heavy (non-hydrogen) atoms. The van der Waals surface area contributed by atoms with E-state index in [1.165, 1.54) is 241 Å². The van der Waals surface area contributed by atoms with Gasteiger partial charge in [0, 0.05) is 41.0 Å². The Balaban J connectivity index is 1.29. The van der Waals surface area contributed by atoms with Gasteiger partial charge in [-0.3, -0.25) is 9.59 Å². The van der Waals surface area contributed by atoms with Gasteiger partial charge < -0.3 is 9.80 Å². The van der Waals surface area contributed by atoms with Gasteiger partial charge in [0.25, 0.3) is 11.8 Å². The number of unbranched alkanes of at least 4 members (excludes halogenated alkanes) is 32. The molecule has 0 fully saturated rings. The van der Waals surface area contributed by atoms with Gasteiger partial charge in [-0.15, -0.1) is 45.8 Å². The van der Waals surface area contributed by atoms with Crippen molar-refractivity contribution in [3.8, 4) is 9.75 Å². The molecule has 10 heteroatoms. The van der Waals surface area contributed by atoms with E-state index in [4.69, 9.17) is 9.97 Å². The fourth-order valence-corrected chi connectivity index (χ4v) is 16.2. The average molecular weight is 1140 g/mol. The lowest BCUT2D eigenvalue weighted by atomic mass is 9.93. The summed E-state index contributed by atoms with van der Waals surface area (Å²) < 4.78 is 0. The predicted octanol–water partition coefficient (Wildman–Crippen LogP) is 22.5. The molecule has 2 amide bonds. The van der Waals surface area contributed by atoms with Crippen LogP contribution in [0.2, 0.25) is 0 Å². The molecule has 436 valence electrons. The van der Waals surface area contributed by atoms with Crippen molar-refractivity contribution in [1.29, 1.82) is 0 Å². The molecule has 0 aliphatic carbocycles. The van der Waals surface area contributed by atoms with Crippen LogP contribution in [0, 0.1) is 11.8 Å². The predicted molar refractivity (Wildman–Crippen MR) is 344 cm³/mol. The molecule has 3 aliphatic rings. The van der Waals surface area contributed by atoms with Gasteiger partial charge in [0.2, 0.25) is 0 Å². The van der Waals surface area contributed by atoms with Crippen LogP contribution in [0.1, 0.15) is 306 Å². The standard InChI is InChI=1S/C68H108N4O2S4/c1-5-9-13-17-21-25-27-31-35-39-45-55(43-37-33-29-23-19-15-11-7-3)53-71-63(65-69-51-59(77-65)57-47-41-49-75-57)61-62(67(71)73)64(66-70-52-60(78-66)58-48-42-50-76-58)72(68(61)74)54-56(44-38-34-30-24-20-16-12-8-4)46-40-36-32-28-26-22-18-14-10-6-2/h41,47-49,51-52,55-56H,5-40,42-46,50,53-54H2,1-4H3. The van der Waals surface area contributed by atoms with Gasteiger partial charge in [-0.1, -0.05) is 271 Å². The lowest BCUT2D eigenvalue weighted by molar-refractivity contribution is -0.124. The molecule has 0 spiro atoms. The zero-order chi connectivity index (χ0) is 54.8. The van der Waals surface area contributed by atoms with E-state index in [9.17, 15) is 0 Å². The van der Waals surface area contributed by atoms with Crippen LogP contribution in [0.15, 0.2) is 47.1 Å². The van der Waals surface area contributed by atoms with Crippen molar-refractivity contribution < 1.29 is 9.59 Å². The van der Waals surface area contributed by atoms with Crippen molar-refractivity contribution in [2.24, 2.45) is 11.8 Å². The van der Waals surface area contributed by atoms with Crippen molar-refractivity contribution in [1.82, 2.24) is 19.8 Å². The summed E-state index contributed by atoms with van der Waals surface area (Å²) >= 11 is 6.96. The number of nitrogens with zero attached hydrogens (tertiary/aromatic N) is 4. The largest absolute Gasteiger partial charge is 0.304 e. The summed E-state index contributed by atoms with van der Waals surface area (Å²) in [6.07, 6.45) is 59.1. The Morgan fingerprint density at radius 2 is 0.795 bits per heavy atom. The molecule has 6 nitrogen and oxygen atoms in total. The second kappa shape index (κ2) is 39.0. The average Bonchev–Trinajstić information content (AvgIpc) is 4.42. The van der Waals surface area contributed by atoms with Crippen LogP contribution >= 0.6 is 45.8 Å². The molecule has 0 N–H and O–H groups in total. The highest BCUT2D eigenvalue weighted by atomic mass is 32.2. The molecule has 0 saturated carbocycles. The van der Waals surface area contributed by atoms with E-state index in [2.05, 4.69) is 61.1 Å². The van der Waals surface area contributed by atoms with Crippen LogP contribution < -0.4 is 0 Å². The van der Waals surface area contributed by atoms with Crippen LogP contribution in [-0.2, 0) is 9.59 Å². The Kier molecular flexibility index (Phi) is 32.4. The maximum atomic E-state index is 15.9. The molecule has 3 aromatic rings. The quantitative estimate of drug-likeness (QED) is 0.0527. The highest BCUT2D eigenvalue weighted by Crippen LogP contribution is 2.50. The van der Waals surface area contributed by atoms with Crippen LogP contribution in [0.5, 0.6) is 0 Å². The highest BCUT2D eigenvalue weighted by molar-refractivity contribution is 8.08. The Morgan fingerprint density at radius 1 is 0.449 bits per heavy atom. The fourth-order valence-electron chi connectivity index (χ4n) is 12.3. The summed E-state index contributed by atoms with van der Waals surface area (Å²) in [7, 11) is 0.